The number of fused-ring (bicyclic) bond motifs is 3. The maximum Gasteiger partial charge on any atom is 0.407 e. The normalized spacial score (nSPS) is 12.1. The predicted molar refractivity (Wildman–Crippen MR) is 204 cm³/mol. The van der Waals surface area contributed by atoms with Crippen LogP contribution < -0.4 is 5.32 Å². The van der Waals surface area contributed by atoms with E-state index in [1.807, 2.05) is 24.3 Å². The van der Waals surface area contributed by atoms with Crippen LogP contribution in [0.5, 0.6) is 0 Å². The topological polar surface area (TPSA) is 177 Å². The number of carbonyl (C=O) groups is 2. The molecule has 2 aromatic carbocycles. The molecule has 16 nitrogen and oxygen atoms in total. The molecule has 0 radical (unpaired) electrons. The molecular formula is C40H61NO15. The molecule has 1 aliphatic rings. The van der Waals surface area contributed by atoms with E-state index < -0.39 is 12.1 Å². The summed E-state index contributed by atoms with van der Waals surface area (Å²) in [6.45, 7) is 9.91. The zero-order valence-corrected chi connectivity index (χ0v) is 32.5. The SMILES string of the molecule is O=C(O)COCCOCCOCCOCCOCCOCCOCCOCCOCCOCCOCCCNC(=O)OCC1c2ccccc2-c2ccccc21. The highest BCUT2D eigenvalue weighted by atomic mass is 16.6. The van der Waals surface area contributed by atoms with Crippen molar-refractivity contribution in [3.8, 4) is 11.1 Å². The quantitative estimate of drug-likeness (QED) is 0.0947. The standard InChI is InChI=1S/C40H61NO15/c42-39(43)33-55-31-30-54-29-28-53-27-26-52-25-24-51-23-22-50-21-20-49-19-18-48-17-16-47-15-14-46-13-12-45-11-5-10-41-40(44)56-32-38-36-8-3-1-6-34(36)35-7-2-4-9-37(35)38/h1-4,6-9,38H,5,10-33H2,(H,41,44)(H,42,43). The summed E-state index contributed by atoms with van der Waals surface area (Å²) in [7, 11) is 0. The van der Waals surface area contributed by atoms with Gasteiger partial charge in [0.15, 0.2) is 0 Å². The Hall–Kier alpha value is -3.26. The van der Waals surface area contributed by atoms with Crippen molar-refractivity contribution in [3.05, 3.63) is 59.7 Å². The first-order valence-corrected chi connectivity index (χ1v) is 19.3. The van der Waals surface area contributed by atoms with Gasteiger partial charge >= 0.3 is 12.1 Å². The van der Waals surface area contributed by atoms with E-state index in [0.717, 1.165) is 0 Å². The maximum absolute atomic E-state index is 12.3. The largest absolute Gasteiger partial charge is 0.480 e. The number of hydrogen-bond donors (Lipinski definition) is 2. The van der Waals surface area contributed by atoms with Crippen LogP contribution >= 0.6 is 0 Å². The Labute approximate surface area is 330 Å². The summed E-state index contributed by atoms with van der Waals surface area (Å²) in [5.74, 6) is -0.955. The Bertz CT molecular complexity index is 1240. The maximum atomic E-state index is 12.3. The van der Waals surface area contributed by atoms with Gasteiger partial charge in [-0.3, -0.25) is 0 Å². The van der Waals surface area contributed by atoms with Crippen molar-refractivity contribution in [2.45, 2.75) is 12.3 Å². The second kappa shape index (κ2) is 32.8. The first kappa shape index (κ1) is 47.1. The zero-order chi connectivity index (χ0) is 39.6. The number of aliphatic carboxylic acids is 1. The number of ether oxygens (including phenoxy) is 12. The van der Waals surface area contributed by atoms with Crippen LogP contribution in [0.15, 0.2) is 48.5 Å². The number of benzene rings is 2. The van der Waals surface area contributed by atoms with Gasteiger partial charge in [0, 0.05) is 19.1 Å². The lowest BCUT2D eigenvalue weighted by Gasteiger charge is -2.14. The van der Waals surface area contributed by atoms with Gasteiger partial charge in [0.05, 0.1) is 132 Å². The van der Waals surface area contributed by atoms with E-state index in [1.165, 1.54) is 22.3 Å². The van der Waals surface area contributed by atoms with Crippen molar-refractivity contribution in [1.29, 1.82) is 0 Å². The summed E-state index contributed by atoms with van der Waals surface area (Å²) < 4.78 is 65.0. The lowest BCUT2D eigenvalue weighted by molar-refractivity contribution is -0.142. The molecule has 2 N–H and O–H groups in total. The van der Waals surface area contributed by atoms with E-state index in [4.69, 9.17) is 61.9 Å². The van der Waals surface area contributed by atoms with Crippen molar-refractivity contribution >= 4 is 12.1 Å². The van der Waals surface area contributed by atoms with Crippen LogP contribution in [-0.4, -0.2) is 176 Å². The number of alkyl carbamates (subject to hydrolysis) is 1. The molecule has 0 aromatic heterocycles. The van der Waals surface area contributed by atoms with E-state index in [1.54, 1.807) is 0 Å². The van der Waals surface area contributed by atoms with Crippen LogP contribution in [0, 0.1) is 0 Å². The Morgan fingerprint density at radius 3 is 1.14 bits per heavy atom. The first-order chi connectivity index (χ1) is 27.7. The number of carboxylic acid groups (broad SMARTS) is 1. The van der Waals surface area contributed by atoms with Crippen molar-refractivity contribution in [2.75, 3.05) is 159 Å². The summed E-state index contributed by atoms with van der Waals surface area (Å²) in [6.07, 6.45) is 0.257. The molecule has 0 saturated heterocycles. The third kappa shape index (κ3) is 22.5. The fraction of sp³-hybridized carbons (Fsp3) is 0.650. The number of hydrogen-bond acceptors (Lipinski definition) is 14. The predicted octanol–water partition coefficient (Wildman–Crippen LogP) is 3.18. The summed E-state index contributed by atoms with van der Waals surface area (Å²) >= 11 is 0. The lowest BCUT2D eigenvalue weighted by Crippen LogP contribution is -2.27. The van der Waals surface area contributed by atoms with E-state index in [2.05, 4.69) is 29.6 Å². The van der Waals surface area contributed by atoms with Gasteiger partial charge < -0.3 is 67.3 Å². The van der Waals surface area contributed by atoms with Gasteiger partial charge in [-0.2, -0.15) is 0 Å². The minimum atomic E-state index is -1.000. The third-order valence-corrected chi connectivity index (χ3v) is 8.02. The fourth-order valence-electron chi connectivity index (χ4n) is 5.37. The molecule has 56 heavy (non-hydrogen) atoms. The molecule has 2 aromatic rings. The molecule has 1 aliphatic carbocycles. The number of amides is 1. The van der Waals surface area contributed by atoms with Crippen molar-refractivity contribution in [2.24, 2.45) is 0 Å². The molecule has 0 fully saturated rings. The van der Waals surface area contributed by atoms with Crippen LogP contribution in [-0.2, 0) is 61.6 Å². The molecule has 16 heteroatoms. The average Bonchev–Trinajstić information content (AvgIpc) is 3.53. The van der Waals surface area contributed by atoms with Crippen LogP contribution in [0.3, 0.4) is 0 Å². The number of nitrogens with one attached hydrogen (secondary N) is 1. The van der Waals surface area contributed by atoms with Gasteiger partial charge in [0.25, 0.3) is 0 Å². The third-order valence-electron chi connectivity index (χ3n) is 8.02. The Kier molecular flexibility index (Phi) is 27.6. The molecule has 0 bridgehead atoms. The molecule has 0 aliphatic heterocycles. The van der Waals surface area contributed by atoms with Crippen LogP contribution in [0.25, 0.3) is 11.1 Å². The van der Waals surface area contributed by atoms with Crippen molar-refractivity contribution < 1.29 is 71.5 Å². The molecule has 0 saturated carbocycles. The van der Waals surface area contributed by atoms with Gasteiger partial charge in [-0.1, -0.05) is 48.5 Å². The number of carbonyl (C=O) groups excluding carboxylic acids is 1. The van der Waals surface area contributed by atoms with Crippen molar-refractivity contribution in [1.82, 2.24) is 5.32 Å². The first-order valence-electron chi connectivity index (χ1n) is 19.3. The van der Waals surface area contributed by atoms with Gasteiger partial charge in [-0.15, -0.1) is 0 Å². The molecule has 0 heterocycles. The molecular weight excluding hydrogens is 734 g/mol. The summed E-state index contributed by atoms with van der Waals surface area (Å²) in [6, 6.07) is 16.5. The molecule has 1 amide bonds. The fourth-order valence-corrected chi connectivity index (χ4v) is 5.37. The lowest BCUT2D eigenvalue weighted by atomic mass is 9.98. The van der Waals surface area contributed by atoms with Gasteiger partial charge in [-0.05, 0) is 28.7 Å². The van der Waals surface area contributed by atoms with E-state index in [-0.39, 0.29) is 19.1 Å². The van der Waals surface area contributed by atoms with Crippen LogP contribution in [0.1, 0.15) is 23.5 Å². The highest BCUT2D eigenvalue weighted by Crippen LogP contribution is 2.44. The van der Waals surface area contributed by atoms with Gasteiger partial charge in [-0.25, -0.2) is 9.59 Å². The Morgan fingerprint density at radius 1 is 0.464 bits per heavy atom. The molecule has 0 spiro atoms. The average molecular weight is 796 g/mol. The van der Waals surface area contributed by atoms with Crippen molar-refractivity contribution in [3.63, 3.8) is 0 Å². The minimum Gasteiger partial charge on any atom is -0.480 e. The highest BCUT2D eigenvalue weighted by molar-refractivity contribution is 5.79. The second-order valence-corrected chi connectivity index (χ2v) is 12.2. The molecule has 3 rings (SSSR count). The van der Waals surface area contributed by atoms with Gasteiger partial charge in [0.1, 0.15) is 13.2 Å². The smallest absolute Gasteiger partial charge is 0.407 e. The Morgan fingerprint density at radius 2 is 0.786 bits per heavy atom. The molecule has 0 atom stereocenters. The molecule has 316 valence electrons. The highest BCUT2D eigenvalue weighted by Gasteiger charge is 2.28. The summed E-state index contributed by atoms with van der Waals surface area (Å²) in [4.78, 5) is 22.6. The summed E-state index contributed by atoms with van der Waals surface area (Å²) in [5, 5.41) is 11.2. The zero-order valence-electron chi connectivity index (χ0n) is 32.5. The van der Waals surface area contributed by atoms with E-state index >= 15 is 0 Å². The van der Waals surface area contributed by atoms with E-state index in [9.17, 15) is 9.59 Å². The Balaban J connectivity index is 0.938. The summed E-state index contributed by atoms with van der Waals surface area (Å²) in [5.41, 5.74) is 4.79. The molecule has 0 unspecified atom stereocenters. The number of carboxylic acids is 1. The van der Waals surface area contributed by atoms with Gasteiger partial charge in [0.2, 0.25) is 0 Å². The number of rotatable bonds is 38. The monoisotopic (exact) mass is 795 g/mol. The second-order valence-electron chi connectivity index (χ2n) is 12.2. The minimum absolute atomic E-state index is 0.0444. The van der Waals surface area contributed by atoms with E-state index in [0.29, 0.717) is 152 Å². The van der Waals surface area contributed by atoms with Crippen LogP contribution in [0.4, 0.5) is 4.79 Å². The van der Waals surface area contributed by atoms with Crippen LogP contribution in [0.2, 0.25) is 0 Å².